The molecule has 1 unspecified atom stereocenters. The smallest absolute Gasteiger partial charge is 0.259 e. The van der Waals surface area contributed by atoms with E-state index in [9.17, 15) is 14.7 Å². The van der Waals surface area contributed by atoms with Crippen LogP contribution in [0.5, 0.6) is 5.75 Å². The molecule has 0 aliphatic carbocycles. The summed E-state index contributed by atoms with van der Waals surface area (Å²) in [7, 11) is 1.56. The van der Waals surface area contributed by atoms with Crippen LogP contribution in [0.15, 0.2) is 52.8 Å². The fourth-order valence-corrected chi connectivity index (χ4v) is 4.48. The lowest BCUT2D eigenvalue weighted by atomic mass is 9.96. The molecule has 10 nitrogen and oxygen atoms in total. The molecule has 0 bridgehead atoms. The summed E-state index contributed by atoms with van der Waals surface area (Å²) < 4.78 is 5.54. The zero-order valence-electron chi connectivity index (χ0n) is 23.7. The topological polar surface area (TPSA) is 119 Å². The molecule has 0 aromatic heterocycles. The molecule has 0 fully saturated rings. The van der Waals surface area contributed by atoms with Gasteiger partial charge in [0.1, 0.15) is 5.75 Å². The molecule has 212 valence electrons. The third-order valence-corrected chi connectivity index (χ3v) is 6.70. The number of aliphatic hydroxyl groups is 1. The fraction of sp³-hybridized carbons (Fsp3) is 0.483. The molecule has 0 radical (unpaired) electrons. The van der Waals surface area contributed by atoms with Crippen LogP contribution in [0, 0.1) is 0 Å². The number of hydrogen-bond donors (Lipinski definition) is 4. The quantitative estimate of drug-likeness (QED) is 0.302. The number of amides is 2. The summed E-state index contributed by atoms with van der Waals surface area (Å²) in [5.41, 5.74) is 9.78. The van der Waals surface area contributed by atoms with Gasteiger partial charge in [-0.25, -0.2) is 5.53 Å². The van der Waals surface area contributed by atoms with Crippen LogP contribution in [0.4, 0.5) is 0 Å². The highest BCUT2D eigenvalue weighted by Gasteiger charge is 2.25. The van der Waals surface area contributed by atoms with Crippen LogP contribution in [0.2, 0.25) is 0 Å². The molecule has 2 amide bonds. The molecular weight excluding hydrogens is 496 g/mol. The normalized spacial score (nSPS) is 16.6. The van der Waals surface area contributed by atoms with E-state index in [2.05, 4.69) is 34.5 Å². The average molecular weight is 539 g/mol. The number of hydrogen-bond acceptors (Lipinski definition) is 8. The summed E-state index contributed by atoms with van der Waals surface area (Å²) >= 11 is 0. The maximum Gasteiger partial charge on any atom is 0.259 e. The van der Waals surface area contributed by atoms with Crippen molar-refractivity contribution in [3.8, 4) is 5.75 Å². The van der Waals surface area contributed by atoms with E-state index < -0.39 is 0 Å². The van der Waals surface area contributed by atoms with E-state index in [1.54, 1.807) is 12.1 Å². The van der Waals surface area contributed by atoms with Crippen molar-refractivity contribution in [1.29, 1.82) is 0 Å². The number of aliphatic hydroxyl groups excluding tert-OH is 1. The van der Waals surface area contributed by atoms with Crippen molar-refractivity contribution in [2.45, 2.75) is 72.4 Å². The molecule has 0 spiro atoms. The van der Waals surface area contributed by atoms with E-state index in [4.69, 9.17) is 4.74 Å². The van der Waals surface area contributed by atoms with Crippen molar-refractivity contribution in [2.75, 3.05) is 20.3 Å². The zero-order valence-corrected chi connectivity index (χ0v) is 23.7. The third kappa shape index (κ3) is 7.70. The Kier molecular flexibility index (Phi) is 11.1. The number of ether oxygens (including phenoxy) is 1. The van der Waals surface area contributed by atoms with Crippen molar-refractivity contribution in [3.05, 3.63) is 64.4 Å². The third-order valence-electron chi connectivity index (χ3n) is 6.70. The highest BCUT2D eigenvalue weighted by Crippen LogP contribution is 2.28. The first-order chi connectivity index (χ1) is 18.8. The minimum Gasteiger partial charge on any atom is -0.496 e. The lowest BCUT2D eigenvalue weighted by Crippen LogP contribution is -2.48. The van der Waals surface area contributed by atoms with Crippen LogP contribution in [-0.2, 0) is 17.8 Å². The number of fused-ring (bicyclic) bond motifs is 1. The molecule has 3 rings (SSSR count). The van der Waals surface area contributed by atoms with Gasteiger partial charge in [-0.3, -0.25) is 14.6 Å². The minimum atomic E-state index is -0.271. The van der Waals surface area contributed by atoms with Gasteiger partial charge in [0, 0.05) is 30.8 Å². The van der Waals surface area contributed by atoms with E-state index in [-0.39, 0.29) is 24.5 Å². The summed E-state index contributed by atoms with van der Waals surface area (Å²) in [4.78, 5) is 27.5. The highest BCUT2D eigenvalue weighted by molar-refractivity contribution is 6.01. The number of hydrazine groups is 2. The van der Waals surface area contributed by atoms with E-state index in [0.29, 0.717) is 42.4 Å². The van der Waals surface area contributed by atoms with Crippen LogP contribution in [0.25, 0.3) is 0 Å². The summed E-state index contributed by atoms with van der Waals surface area (Å²) in [6, 6.07) is 3.59. The van der Waals surface area contributed by atoms with E-state index in [1.165, 1.54) is 0 Å². The molecule has 2 heterocycles. The van der Waals surface area contributed by atoms with Gasteiger partial charge in [-0.2, -0.15) is 0 Å². The van der Waals surface area contributed by atoms with Gasteiger partial charge in [-0.1, -0.05) is 38.5 Å². The average Bonchev–Trinajstić information content (AvgIpc) is 3.43. The number of unbranched alkanes of at least 4 members (excludes halogenated alkanes) is 1. The minimum absolute atomic E-state index is 0.0251. The molecule has 1 aromatic carbocycles. The number of methoxy groups -OCH3 is 1. The first-order valence-electron chi connectivity index (χ1n) is 13.7. The molecule has 2 aliphatic heterocycles. The molecule has 0 saturated carbocycles. The number of hydrazone groups is 1. The first-order valence-corrected chi connectivity index (χ1v) is 13.7. The van der Waals surface area contributed by atoms with Crippen LogP contribution in [-0.4, -0.2) is 59.0 Å². The SMILES string of the molecule is CCC/C=C(/C=C\C=C(/C)NC(=O)c1cc2c(cc1OC)CCN(C(=O)CCC)C2)C1=NNNN1C(C)CO. The number of carbonyl (C=O) groups excluding carboxylic acids is 2. The Bertz CT molecular complexity index is 1160. The van der Waals surface area contributed by atoms with Crippen LogP contribution >= 0.6 is 0 Å². The number of benzene rings is 1. The van der Waals surface area contributed by atoms with Crippen LogP contribution in [0.3, 0.4) is 0 Å². The van der Waals surface area contributed by atoms with Crippen molar-refractivity contribution < 1.29 is 19.4 Å². The number of nitrogens with one attached hydrogen (secondary N) is 3. The molecule has 2 aliphatic rings. The molecule has 39 heavy (non-hydrogen) atoms. The largest absolute Gasteiger partial charge is 0.496 e. The Morgan fingerprint density at radius 1 is 1.26 bits per heavy atom. The predicted octanol–water partition coefficient (Wildman–Crippen LogP) is 3.32. The number of nitrogens with zero attached hydrogens (tertiary/aromatic N) is 3. The van der Waals surface area contributed by atoms with Crippen LogP contribution < -0.4 is 21.1 Å². The Morgan fingerprint density at radius 3 is 2.74 bits per heavy atom. The van der Waals surface area contributed by atoms with Crippen molar-refractivity contribution in [3.63, 3.8) is 0 Å². The predicted molar refractivity (Wildman–Crippen MR) is 152 cm³/mol. The summed E-state index contributed by atoms with van der Waals surface area (Å²) in [5.74, 6) is 1.07. The van der Waals surface area contributed by atoms with Gasteiger partial charge in [0.2, 0.25) is 5.91 Å². The van der Waals surface area contributed by atoms with E-state index in [1.807, 2.05) is 56.0 Å². The standard InChI is InChI=1S/C29H42N6O4/c1-6-8-12-22(28-31-32-33-35(28)21(4)19-36)13-9-11-20(3)30-29(38)25-16-24-18-34(27(37)10-7-2)15-14-23(24)17-26(25)39-5/h9,11-13,16-17,21,32-33,36H,6-8,10,14-15,18-19H2,1-5H3,(H,30,38)/b13-9-,20-11+,22-12-. The van der Waals surface area contributed by atoms with Gasteiger partial charge in [0.15, 0.2) is 5.84 Å². The second-order valence-corrected chi connectivity index (χ2v) is 9.81. The Hall–Kier alpha value is -3.63. The first kappa shape index (κ1) is 29.9. The van der Waals surface area contributed by atoms with E-state index in [0.717, 1.165) is 42.4 Å². The monoisotopic (exact) mass is 538 g/mol. The summed E-state index contributed by atoms with van der Waals surface area (Å²) in [5, 5.41) is 18.6. The maximum absolute atomic E-state index is 13.2. The maximum atomic E-state index is 13.2. The second-order valence-electron chi connectivity index (χ2n) is 9.81. The fourth-order valence-electron chi connectivity index (χ4n) is 4.48. The van der Waals surface area contributed by atoms with Crippen molar-refractivity contribution >= 4 is 17.6 Å². The molecule has 1 aromatic rings. The molecule has 10 heteroatoms. The number of amidine groups is 1. The Labute approximate surface area is 231 Å². The van der Waals surface area contributed by atoms with Gasteiger partial charge in [0.05, 0.1) is 25.3 Å². The van der Waals surface area contributed by atoms with Crippen molar-refractivity contribution in [1.82, 2.24) is 26.3 Å². The molecule has 4 N–H and O–H groups in total. The Balaban J connectivity index is 1.74. The van der Waals surface area contributed by atoms with Crippen LogP contribution in [0.1, 0.15) is 74.9 Å². The molecule has 0 saturated heterocycles. The zero-order chi connectivity index (χ0) is 28.4. The van der Waals surface area contributed by atoms with Crippen molar-refractivity contribution in [2.24, 2.45) is 5.10 Å². The Morgan fingerprint density at radius 2 is 2.05 bits per heavy atom. The van der Waals surface area contributed by atoms with Gasteiger partial charge in [0.25, 0.3) is 5.91 Å². The van der Waals surface area contributed by atoms with E-state index >= 15 is 0 Å². The summed E-state index contributed by atoms with van der Waals surface area (Å²) in [6.45, 7) is 8.98. The summed E-state index contributed by atoms with van der Waals surface area (Å²) in [6.07, 6.45) is 11.7. The number of rotatable bonds is 12. The number of carbonyl (C=O) groups is 2. The second kappa shape index (κ2) is 14.5. The van der Waals surface area contributed by atoms with Gasteiger partial charge in [-0.05, 0) is 62.4 Å². The van der Waals surface area contributed by atoms with Gasteiger partial charge >= 0.3 is 0 Å². The number of allylic oxidation sites excluding steroid dienone is 4. The van der Waals surface area contributed by atoms with Gasteiger partial charge < -0.3 is 20.1 Å². The molecular formula is C29H42N6O4. The lowest BCUT2D eigenvalue weighted by molar-refractivity contribution is -0.132. The highest BCUT2D eigenvalue weighted by atomic mass is 16.5. The molecule has 1 atom stereocenters. The van der Waals surface area contributed by atoms with Gasteiger partial charge in [-0.15, -0.1) is 10.6 Å². The lowest BCUT2D eigenvalue weighted by Gasteiger charge is -2.29.